The Balaban J connectivity index is 3.80. The zero-order valence-electron chi connectivity index (χ0n) is 5.64. The number of nitrogens with two attached hydrogens (primary N) is 1. The minimum atomic E-state index is -0.331. The smallest absolute Gasteiger partial charge is 0.137 e. The van der Waals surface area contributed by atoms with Crippen LogP contribution in [-0.4, -0.2) is 12.3 Å². The van der Waals surface area contributed by atoms with Gasteiger partial charge in [0.05, 0.1) is 6.04 Å². The van der Waals surface area contributed by atoms with Gasteiger partial charge in [-0.25, -0.2) is 0 Å². The van der Waals surface area contributed by atoms with E-state index in [1.54, 1.807) is 0 Å². The Morgan fingerprint density at radius 3 is 1.88 bits per heavy atom. The van der Waals surface area contributed by atoms with Gasteiger partial charge in [-0.1, -0.05) is 20.8 Å². The zero-order valence-corrected chi connectivity index (χ0v) is 5.64. The van der Waals surface area contributed by atoms with E-state index in [4.69, 9.17) is 5.73 Å². The second-order valence-electron chi connectivity index (χ2n) is 3.03. The van der Waals surface area contributed by atoms with E-state index in [0.29, 0.717) is 0 Å². The van der Waals surface area contributed by atoms with E-state index in [-0.39, 0.29) is 11.5 Å². The van der Waals surface area contributed by atoms with Crippen LogP contribution in [-0.2, 0) is 4.79 Å². The lowest BCUT2D eigenvalue weighted by molar-refractivity contribution is -0.110. The summed E-state index contributed by atoms with van der Waals surface area (Å²) in [5, 5.41) is 0. The number of aldehydes is 1. The van der Waals surface area contributed by atoms with Crippen LogP contribution in [0.15, 0.2) is 0 Å². The molecule has 48 valence electrons. The summed E-state index contributed by atoms with van der Waals surface area (Å²) in [6.45, 7) is 5.81. The SMILES string of the molecule is CC(C)(C)[C@H](N)C=O. The molecule has 8 heavy (non-hydrogen) atoms. The summed E-state index contributed by atoms with van der Waals surface area (Å²) in [4.78, 5) is 10.0. The van der Waals surface area contributed by atoms with Gasteiger partial charge in [-0.15, -0.1) is 0 Å². The lowest BCUT2D eigenvalue weighted by Crippen LogP contribution is -2.36. The van der Waals surface area contributed by atoms with Gasteiger partial charge in [0.2, 0.25) is 0 Å². The minimum absolute atomic E-state index is 0.0816. The molecule has 0 fully saturated rings. The van der Waals surface area contributed by atoms with Crippen LogP contribution in [0.1, 0.15) is 20.8 Å². The van der Waals surface area contributed by atoms with Crippen LogP contribution in [0, 0.1) is 5.41 Å². The fraction of sp³-hybridized carbons (Fsp3) is 0.833. The maximum absolute atomic E-state index is 10.0. The van der Waals surface area contributed by atoms with E-state index in [1.807, 2.05) is 20.8 Å². The third-order valence-electron chi connectivity index (χ3n) is 1.15. The van der Waals surface area contributed by atoms with Crippen molar-refractivity contribution in [3.63, 3.8) is 0 Å². The first-order chi connectivity index (χ1) is 3.48. The normalized spacial score (nSPS) is 15.5. The van der Waals surface area contributed by atoms with Crippen LogP contribution in [0.3, 0.4) is 0 Å². The summed E-state index contributed by atoms with van der Waals surface area (Å²) in [5.74, 6) is 0. The molecule has 0 aliphatic carbocycles. The van der Waals surface area contributed by atoms with Crippen LogP contribution < -0.4 is 5.73 Å². The summed E-state index contributed by atoms with van der Waals surface area (Å²) < 4.78 is 0. The highest BCUT2D eigenvalue weighted by atomic mass is 16.1. The molecule has 0 heterocycles. The Kier molecular flexibility index (Phi) is 2.16. The van der Waals surface area contributed by atoms with Crippen molar-refractivity contribution >= 4 is 6.29 Å². The van der Waals surface area contributed by atoms with Crippen molar-refractivity contribution in [2.45, 2.75) is 26.8 Å². The lowest BCUT2D eigenvalue weighted by Gasteiger charge is -2.20. The molecule has 2 nitrogen and oxygen atoms in total. The number of hydrogen-bond donors (Lipinski definition) is 1. The fourth-order valence-corrected chi connectivity index (χ4v) is 0.204. The summed E-state index contributed by atoms with van der Waals surface area (Å²) in [6, 6.07) is -0.331. The molecule has 0 aliphatic heterocycles. The molecular weight excluding hydrogens is 102 g/mol. The molecule has 0 aliphatic rings. The second kappa shape index (κ2) is 2.27. The molecule has 0 spiro atoms. The Morgan fingerprint density at radius 1 is 1.50 bits per heavy atom. The fourth-order valence-electron chi connectivity index (χ4n) is 0.204. The largest absolute Gasteiger partial charge is 0.321 e. The lowest BCUT2D eigenvalue weighted by atomic mass is 9.89. The molecule has 0 aromatic rings. The van der Waals surface area contributed by atoms with Gasteiger partial charge < -0.3 is 10.5 Å². The van der Waals surface area contributed by atoms with E-state index >= 15 is 0 Å². The van der Waals surface area contributed by atoms with Gasteiger partial charge in [0.1, 0.15) is 6.29 Å². The molecular formula is C6H13NO. The van der Waals surface area contributed by atoms with Gasteiger partial charge in [0.15, 0.2) is 0 Å². The standard InChI is InChI=1S/C6H13NO/c1-6(2,3)5(7)4-8/h4-5H,7H2,1-3H3/t5-/m1/s1. The highest BCUT2D eigenvalue weighted by molar-refractivity contribution is 5.58. The Labute approximate surface area is 50.1 Å². The van der Waals surface area contributed by atoms with E-state index in [1.165, 1.54) is 0 Å². The number of carbonyl (C=O) groups excluding carboxylic acids is 1. The summed E-state index contributed by atoms with van der Waals surface area (Å²) in [6.07, 6.45) is 0.778. The van der Waals surface area contributed by atoms with E-state index in [2.05, 4.69) is 0 Å². The maximum atomic E-state index is 10.0. The average molecular weight is 115 g/mol. The van der Waals surface area contributed by atoms with Crippen molar-refractivity contribution < 1.29 is 4.79 Å². The summed E-state index contributed by atoms with van der Waals surface area (Å²) >= 11 is 0. The minimum Gasteiger partial charge on any atom is -0.321 e. The van der Waals surface area contributed by atoms with Crippen LogP contribution in [0.25, 0.3) is 0 Å². The van der Waals surface area contributed by atoms with Crippen LogP contribution in [0.4, 0.5) is 0 Å². The van der Waals surface area contributed by atoms with Crippen molar-refractivity contribution in [1.29, 1.82) is 0 Å². The first-order valence-electron chi connectivity index (χ1n) is 2.69. The molecule has 0 aromatic carbocycles. The molecule has 2 heteroatoms. The Hall–Kier alpha value is -0.370. The quantitative estimate of drug-likeness (QED) is 0.507. The predicted molar refractivity (Wildman–Crippen MR) is 33.5 cm³/mol. The van der Waals surface area contributed by atoms with E-state index < -0.39 is 0 Å². The van der Waals surface area contributed by atoms with Gasteiger partial charge in [-0.05, 0) is 5.41 Å². The molecule has 0 saturated heterocycles. The highest BCUT2D eigenvalue weighted by Gasteiger charge is 2.18. The predicted octanol–water partition coefficient (Wildman–Crippen LogP) is 0.559. The Bertz CT molecular complexity index is 83.0. The number of rotatable bonds is 1. The van der Waals surface area contributed by atoms with Crippen molar-refractivity contribution in [2.24, 2.45) is 11.1 Å². The van der Waals surface area contributed by atoms with Crippen LogP contribution >= 0.6 is 0 Å². The van der Waals surface area contributed by atoms with Gasteiger partial charge in [-0.2, -0.15) is 0 Å². The van der Waals surface area contributed by atoms with Gasteiger partial charge >= 0.3 is 0 Å². The van der Waals surface area contributed by atoms with Crippen molar-refractivity contribution in [3.05, 3.63) is 0 Å². The monoisotopic (exact) mass is 115 g/mol. The van der Waals surface area contributed by atoms with E-state index in [0.717, 1.165) is 6.29 Å². The van der Waals surface area contributed by atoms with E-state index in [9.17, 15) is 4.79 Å². The molecule has 0 radical (unpaired) electrons. The summed E-state index contributed by atoms with van der Waals surface area (Å²) in [5.41, 5.74) is 5.30. The van der Waals surface area contributed by atoms with Gasteiger partial charge in [0.25, 0.3) is 0 Å². The molecule has 0 amide bonds. The molecule has 2 N–H and O–H groups in total. The topological polar surface area (TPSA) is 43.1 Å². The third-order valence-corrected chi connectivity index (χ3v) is 1.15. The van der Waals surface area contributed by atoms with Crippen LogP contribution in [0.5, 0.6) is 0 Å². The molecule has 0 aromatic heterocycles. The summed E-state index contributed by atoms with van der Waals surface area (Å²) in [7, 11) is 0. The van der Waals surface area contributed by atoms with Crippen molar-refractivity contribution in [1.82, 2.24) is 0 Å². The molecule has 0 saturated carbocycles. The highest BCUT2D eigenvalue weighted by Crippen LogP contribution is 2.14. The second-order valence-corrected chi connectivity index (χ2v) is 3.03. The van der Waals surface area contributed by atoms with Crippen molar-refractivity contribution in [2.75, 3.05) is 0 Å². The number of hydrogen-bond acceptors (Lipinski definition) is 2. The third kappa shape index (κ3) is 2.07. The average Bonchev–Trinajstić information content (AvgIpc) is 1.62. The Morgan fingerprint density at radius 2 is 1.88 bits per heavy atom. The number of carbonyl (C=O) groups is 1. The van der Waals surface area contributed by atoms with Crippen LogP contribution in [0.2, 0.25) is 0 Å². The molecule has 1 atom stereocenters. The molecule has 0 rings (SSSR count). The van der Waals surface area contributed by atoms with Gasteiger partial charge in [0, 0.05) is 0 Å². The molecule has 0 unspecified atom stereocenters. The van der Waals surface area contributed by atoms with Gasteiger partial charge in [-0.3, -0.25) is 0 Å². The zero-order chi connectivity index (χ0) is 6.78. The first kappa shape index (κ1) is 7.63. The first-order valence-corrected chi connectivity index (χ1v) is 2.69. The molecule has 0 bridgehead atoms. The maximum Gasteiger partial charge on any atom is 0.137 e. The van der Waals surface area contributed by atoms with Crippen molar-refractivity contribution in [3.8, 4) is 0 Å².